The van der Waals surface area contributed by atoms with Crippen LogP contribution in [-0.4, -0.2) is 30.9 Å². The maximum atomic E-state index is 12.2. The molecule has 0 bridgehead atoms. The molecule has 0 spiro atoms. The van der Waals surface area contributed by atoms with Gasteiger partial charge in [0.05, 0.1) is 24.7 Å². The van der Waals surface area contributed by atoms with Crippen molar-refractivity contribution in [1.82, 2.24) is 24.9 Å². The van der Waals surface area contributed by atoms with Crippen LogP contribution >= 0.6 is 0 Å². The zero-order chi connectivity index (χ0) is 18.8. The predicted molar refractivity (Wildman–Crippen MR) is 101 cm³/mol. The Kier molecular flexibility index (Phi) is 4.29. The van der Waals surface area contributed by atoms with Crippen LogP contribution in [0, 0.1) is 0 Å². The second-order valence-electron chi connectivity index (χ2n) is 6.28. The fourth-order valence-corrected chi connectivity index (χ4v) is 2.88. The third kappa shape index (κ3) is 3.64. The standard InChI is InChI=1S/C19H18N6O2/c1-24-12-15(8-22-24)17-5-6-18(27)25(23-17)11-13-3-2-4-14(7-13)19-20-9-16(26)10-21-19/h2-10,12,19-20,26H,11H2,1H3. The molecule has 1 atom stereocenters. The van der Waals surface area contributed by atoms with Crippen LogP contribution in [0.5, 0.6) is 0 Å². The molecule has 2 N–H and O–H groups in total. The third-order valence-electron chi connectivity index (χ3n) is 4.21. The summed E-state index contributed by atoms with van der Waals surface area (Å²) < 4.78 is 3.13. The van der Waals surface area contributed by atoms with Crippen LogP contribution < -0.4 is 10.9 Å². The van der Waals surface area contributed by atoms with E-state index in [1.807, 2.05) is 37.5 Å². The van der Waals surface area contributed by atoms with E-state index < -0.39 is 0 Å². The molecule has 8 nitrogen and oxygen atoms in total. The molecule has 1 unspecified atom stereocenters. The van der Waals surface area contributed by atoms with Crippen molar-refractivity contribution in [3.63, 3.8) is 0 Å². The Morgan fingerprint density at radius 3 is 2.89 bits per heavy atom. The number of nitrogens with one attached hydrogen (secondary N) is 1. The first-order valence-corrected chi connectivity index (χ1v) is 8.43. The Balaban J connectivity index is 1.60. The van der Waals surface area contributed by atoms with Gasteiger partial charge in [-0.25, -0.2) is 4.68 Å². The third-order valence-corrected chi connectivity index (χ3v) is 4.21. The minimum absolute atomic E-state index is 0.0883. The van der Waals surface area contributed by atoms with E-state index in [-0.39, 0.29) is 17.5 Å². The molecule has 0 saturated carbocycles. The largest absolute Gasteiger partial charge is 0.505 e. The molecule has 3 aromatic rings. The van der Waals surface area contributed by atoms with Crippen molar-refractivity contribution in [3.05, 3.63) is 82.2 Å². The molecule has 0 aliphatic carbocycles. The normalized spacial score (nSPS) is 16.0. The molecule has 3 heterocycles. The number of hydrogen-bond donors (Lipinski definition) is 2. The lowest BCUT2D eigenvalue weighted by Gasteiger charge is -2.17. The summed E-state index contributed by atoms with van der Waals surface area (Å²) in [6.07, 6.45) is 6.22. The molecule has 0 fully saturated rings. The topological polar surface area (TPSA) is 97.3 Å². The summed E-state index contributed by atoms with van der Waals surface area (Å²) in [6, 6.07) is 11.0. The molecule has 27 heavy (non-hydrogen) atoms. The van der Waals surface area contributed by atoms with Crippen molar-refractivity contribution in [2.75, 3.05) is 0 Å². The van der Waals surface area contributed by atoms with Crippen molar-refractivity contribution in [2.24, 2.45) is 12.0 Å². The average Bonchev–Trinajstić information content (AvgIpc) is 3.11. The van der Waals surface area contributed by atoms with Crippen molar-refractivity contribution < 1.29 is 5.11 Å². The summed E-state index contributed by atoms with van der Waals surface area (Å²) in [5.74, 6) is 0.0883. The summed E-state index contributed by atoms with van der Waals surface area (Å²) >= 11 is 0. The van der Waals surface area contributed by atoms with Crippen molar-refractivity contribution in [2.45, 2.75) is 12.7 Å². The highest BCUT2D eigenvalue weighted by molar-refractivity contribution is 5.76. The Bertz CT molecular complexity index is 1100. The zero-order valence-corrected chi connectivity index (χ0v) is 14.6. The van der Waals surface area contributed by atoms with Gasteiger partial charge in [0.25, 0.3) is 5.56 Å². The number of aliphatic imine (C=N–C) groups is 1. The average molecular weight is 362 g/mol. The number of benzene rings is 1. The van der Waals surface area contributed by atoms with Crippen LogP contribution in [0.25, 0.3) is 11.3 Å². The number of aliphatic hydroxyl groups excluding tert-OH is 1. The Morgan fingerprint density at radius 2 is 2.15 bits per heavy atom. The molecule has 136 valence electrons. The Labute approximate surface area is 155 Å². The van der Waals surface area contributed by atoms with E-state index in [2.05, 4.69) is 20.5 Å². The lowest BCUT2D eigenvalue weighted by Crippen LogP contribution is -2.23. The number of nitrogens with zero attached hydrogens (tertiary/aromatic N) is 5. The van der Waals surface area contributed by atoms with Gasteiger partial charge in [-0.3, -0.25) is 14.5 Å². The van der Waals surface area contributed by atoms with Crippen molar-refractivity contribution in [3.8, 4) is 11.3 Å². The van der Waals surface area contributed by atoms with E-state index in [9.17, 15) is 9.90 Å². The Hall–Kier alpha value is -3.68. The smallest absolute Gasteiger partial charge is 0.267 e. The number of aromatic nitrogens is 4. The first-order valence-electron chi connectivity index (χ1n) is 8.43. The quantitative estimate of drug-likeness (QED) is 0.737. The molecule has 1 aliphatic heterocycles. The van der Waals surface area contributed by atoms with Gasteiger partial charge in [-0.05, 0) is 23.3 Å². The SMILES string of the molecule is Cn1cc(-c2ccc(=O)n(Cc3cccc(C4N=CC(O)=CN4)c3)n2)cn1. The maximum Gasteiger partial charge on any atom is 0.267 e. The maximum absolute atomic E-state index is 12.2. The molecule has 0 amide bonds. The van der Waals surface area contributed by atoms with Gasteiger partial charge in [-0.2, -0.15) is 10.2 Å². The number of rotatable bonds is 4. The zero-order valence-electron chi connectivity index (χ0n) is 14.6. The van der Waals surface area contributed by atoms with Crippen LogP contribution in [-0.2, 0) is 13.6 Å². The monoisotopic (exact) mass is 362 g/mol. The summed E-state index contributed by atoms with van der Waals surface area (Å²) in [6.45, 7) is 0.346. The highest BCUT2D eigenvalue weighted by Crippen LogP contribution is 2.19. The minimum atomic E-state index is -0.271. The fraction of sp³-hybridized carbons (Fsp3) is 0.158. The summed E-state index contributed by atoms with van der Waals surface area (Å²) in [7, 11) is 1.84. The molecule has 4 rings (SSSR count). The number of aryl methyl sites for hydroxylation is 1. The second-order valence-corrected chi connectivity index (χ2v) is 6.28. The lowest BCUT2D eigenvalue weighted by atomic mass is 10.1. The molecule has 2 aromatic heterocycles. The predicted octanol–water partition coefficient (Wildman–Crippen LogP) is 1.76. The number of allylic oxidation sites excluding steroid dienone is 1. The Morgan fingerprint density at radius 1 is 1.26 bits per heavy atom. The molecule has 0 saturated heterocycles. The van der Waals surface area contributed by atoms with Crippen LogP contribution in [0.15, 0.2) is 70.5 Å². The van der Waals surface area contributed by atoms with Crippen molar-refractivity contribution in [1.29, 1.82) is 0 Å². The van der Waals surface area contributed by atoms with E-state index in [4.69, 9.17) is 0 Å². The van der Waals surface area contributed by atoms with E-state index in [0.717, 1.165) is 16.7 Å². The van der Waals surface area contributed by atoms with E-state index in [0.29, 0.717) is 12.2 Å². The molecule has 8 heteroatoms. The first kappa shape index (κ1) is 16.8. The highest BCUT2D eigenvalue weighted by Gasteiger charge is 2.12. The van der Waals surface area contributed by atoms with Gasteiger partial charge in [0.2, 0.25) is 0 Å². The van der Waals surface area contributed by atoms with Crippen LogP contribution in [0.4, 0.5) is 0 Å². The highest BCUT2D eigenvalue weighted by atomic mass is 16.3. The fourth-order valence-electron chi connectivity index (χ4n) is 2.88. The van der Waals surface area contributed by atoms with Gasteiger partial charge < -0.3 is 10.4 Å². The number of aliphatic hydroxyl groups is 1. The van der Waals surface area contributed by atoms with E-state index >= 15 is 0 Å². The van der Waals surface area contributed by atoms with Gasteiger partial charge in [0.15, 0.2) is 0 Å². The summed E-state index contributed by atoms with van der Waals surface area (Å²) in [5, 5.41) is 21.0. The van der Waals surface area contributed by atoms with Gasteiger partial charge in [0.1, 0.15) is 11.9 Å². The summed E-state index contributed by atoms with van der Waals surface area (Å²) in [5.41, 5.74) is 3.24. The lowest BCUT2D eigenvalue weighted by molar-refractivity contribution is 0.430. The molecule has 0 radical (unpaired) electrons. The van der Waals surface area contributed by atoms with Gasteiger partial charge in [0, 0.05) is 31.1 Å². The van der Waals surface area contributed by atoms with Crippen LogP contribution in [0.1, 0.15) is 17.3 Å². The summed E-state index contributed by atoms with van der Waals surface area (Å²) in [4.78, 5) is 16.5. The van der Waals surface area contributed by atoms with Crippen molar-refractivity contribution >= 4 is 6.21 Å². The minimum Gasteiger partial charge on any atom is -0.505 e. The number of hydrogen-bond acceptors (Lipinski definition) is 6. The molecule has 1 aliphatic rings. The van der Waals surface area contributed by atoms with E-state index in [1.165, 1.54) is 23.2 Å². The van der Waals surface area contributed by atoms with Gasteiger partial charge >= 0.3 is 0 Å². The molecule has 1 aromatic carbocycles. The van der Waals surface area contributed by atoms with Crippen LogP contribution in [0.2, 0.25) is 0 Å². The second kappa shape index (κ2) is 6.91. The van der Waals surface area contributed by atoms with E-state index in [1.54, 1.807) is 16.9 Å². The van der Waals surface area contributed by atoms with Gasteiger partial charge in [-0.1, -0.05) is 18.2 Å². The van der Waals surface area contributed by atoms with Gasteiger partial charge in [-0.15, -0.1) is 0 Å². The van der Waals surface area contributed by atoms with Crippen LogP contribution in [0.3, 0.4) is 0 Å². The molecular formula is C19H18N6O2. The first-order chi connectivity index (χ1) is 13.1. The molecular weight excluding hydrogens is 344 g/mol.